The van der Waals surface area contributed by atoms with Gasteiger partial charge in [0, 0.05) is 19.2 Å². The van der Waals surface area contributed by atoms with E-state index in [9.17, 15) is 10.1 Å². The van der Waals surface area contributed by atoms with Crippen LogP contribution in [0.1, 0.15) is 0 Å². The van der Waals surface area contributed by atoms with Crippen molar-refractivity contribution in [3.05, 3.63) is 52.6 Å². The van der Waals surface area contributed by atoms with Gasteiger partial charge in [-0.25, -0.2) is 4.63 Å². The summed E-state index contributed by atoms with van der Waals surface area (Å²) in [4.78, 5) is 9.59. The standard InChI is InChI=1S/C7H8N4O.C6H5NO2/c1-9-5-3-2-4(8)6-7(5)11-12-10-6;8-7(9)6-4-2-1-3-5-6/h2-3,9H,8H2,1H3;1-5H. The van der Waals surface area contributed by atoms with E-state index < -0.39 is 4.92 Å². The van der Waals surface area contributed by atoms with E-state index in [0.717, 1.165) is 5.69 Å². The fourth-order valence-electron chi connectivity index (χ4n) is 1.64. The maximum absolute atomic E-state index is 10.0. The number of nitro groups is 1. The van der Waals surface area contributed by atoms with Crippen LogP contribution >= 0.6 is 0 Å². The number of hydrogen-bond acceptors (Lipinski definition) is 7. The quantitative estimate of drug-likeness (QED) is 0.422. The number of benzene rings is 2. The number of rotatable bonds is 2. The van der Waals surface area contributed by atoms with Crippen LogP contribution in [0.3, 0.4) is 0 Å². The van der Waals surface area contributed by atoms with Crippen LogP contribution in [0.2, 0.25) is 0 Å². The van der Waals surface area contributed by atoms with Crippen molar-refractivity contribution >= 4 is 28.1 Å². The lowest BCUT2D eigenvalue weighted by atomic mass is 10.2. The molecule has 0 atom stereocenters. The van der Waals surface area contributed by atoms with Crippen LogP contribution in [0.4, 0.5) is 17.1 Å². The Bertz CT molecular complexity index is 742. The lowest BCUT2D eigenvalue weighted by molar-refractivity contribution is -0.384. The molecule has 3 N–H and O–H groups in total. The molecular weight excluding hydrogens is 274 g/mol. The van der Waals surface area contributed by atoms with Gasteiger partial charge in [0.15, 0.2) is 11.0 Å². The fourth-order valence-corrected chi connectivity index (χ4v) is 1.64. The zero-order valence-electron chi connectivity index (χ0n) is 11.2. The highest BCUT2D eigenvalue weighted by Gasteiger charge is 2.07. The summed E-state index contributed by atoms with van der Waals surface area (Å²) in [5, 5.41) is 20.4. The number of hydrogen-bond donors (Lipinski definition) is 2. The maximum atomic E-state index is 10.0. The highest BCUT2D eigenvalue weighted by Crippen LogP contribution is 2.24. The van der Waals surface area contributed by atoms with Gasteiger partial charge in [0.2, 0.25) is 0 Å². The van der Waals surface area contributed by atoms with Crippen molar-refractivity contribution in [2.75, 3.05) is 18.1 Å². The van der Waals surface area contributed by atoms with E-state index in [1.807, 2.05) is 6.07 Å². The Morgan fingerprint density at radius 3 is 2.38 bits per heavy atom. The van der Waals surface area contributed by atoms with Crippen molar-refractivity contribution in [3.8, 4) is 0 Å². The first-order chi connectivity index (χ1) is 10.1. The van der Waals surface area contributed by atoms with Gasteiger partial charge in [0.1, 0.15) is 0 Å². The number of anilines is 2. The van der Waals surface area contributed by atoms with Gasteiger partial charge in [-0.15, -0.1) is 0 Å². The SMILES string of the molecule is CNc1ccc(N)c2nonc12.O=[N+]([O-])c1ccccc1. The molecule has 3 rings (SSSR count). The Hall–Kier alpha value is -3.16. The van der Waals surface area contributed by atoms with Gasteiger partial charge in [0.25, 0.3) is 5.69 Å². The Morgan fingerprint density at radius 1 is 1.14 bits per heavy atom. The summed E-state index contributed by atoms with van der Waals surface area (Å²) in [6.07, 6.45) is 0. The first-order valence-corrected chi connectivity index (χ1v) is 6.01. The number of nitrogens with two attached hydrogens (primary N) is 1. The average molecular weight is 287 g/mol. The number of nitrogen functional groups attached to an aromatic ring is 1. The monoisotopic (exact) mass is 287 g/mol. The molecular formula is C13H13N5O3. The van der Waals surface area contributed by atoms with Crippen LogP contribution in [-0.2, 0) is 0 Å². The lowest BCUT2D eigenvalue weighted by Crippen LogP contribution is -1.92. The largest absolute Gasteiger partial charge is 0.397 e. The van der Waals surface area contributed by atoms with Gasteiger partial charge in [-0.3, -0.25) is 10.1 Å². The summed E-state index contributed by atoms with van der Waals surface area (Å²) in [7, 11) is 1.81. The van der Waals surface area contributed by atoms with Crippen molar-refractivity contribution < 1.29 is 9.55 Å². The molecule has 1 heterocycles. The van der Waals surface area contributed by atoms with Gasteiger partial charge in [-0.2, -0.15) is 0 Å². The van der Waals surface area contributed by atoms with Gasteiger partial charge >= 0.3 is 0 Å². The molecule has 0 saturated carbocycles. The minimum atomic E-state index is -0.417. The third kappa shape index (κ3) is 3.24. The number of non-ortho nitro benzene ring substituents is 1. The molecule has 0 aliphatic carbocycles. The zero-order valence-corrected chi connectivity index (χ0v) is 11.2. The molecule has 2 aromatic carbocycles. The Morgan fingerprint density at radius 2 is 1.81 bits per heavy atom. The van der Waals surface area contributed by atoms with Crippen molar-refractivity contribution in [3.63, 3.8) is 0 Å². The molecule has 3 aromatic rings. The number of nitrogens with zero attached hydrogens (tertiary/aromatic N) is 3. The highest BCUT2D eigenvalue weighted by molar-refractivity contribution is 5.94. The lowest BCUT2D eigenvalue weighted by Gasteiger charge is -1.99. The fraction of sp³-hybridized carbons (Fsp3) is 0.0769. The van der Waals surface area contributed by atoms with Gasteiger partial charge < -0.3 is 11.1 Å². The van der Waals surface area contributed by atoms with Crippen LogP contribution in [0.5, 0.6) is 0 Å². The Balaban J connectivity index is 0.000000161. The zero-order chi connectivity index (χ0) is 15.2. The molecule has 0 radical (unpaired) electrons. The number of aromatic nitrogens is 2. The van der Waals surface area contributed by atoms with Gasteiger partial charge in [-0.05, 0) is 22.4 Å². The number of para-hydroxylation sites is 1. The second kappa shape index (κ2) is 6.33. The molecule has 0 unspecified atom stereocenters. The molecule has 0 spiro atoms. The van der Waals surface area contributed by atoms with E-state index in [1.54, 1.807) is 31.3 Å². The van der Waals surface area contributed by atoms with E-state index in [2.05, 4.69) is 20.3 Å². The molecule has 21 heavy (non-hydrogen) atoms. The molecule has 0 amide bonds. The smallest absolute Gasteiger partial charge is 0.269 e. The number of nitro benzene ring substituents is 1. The molecule has 0 aliphatic rings. The van der Waals surface area contributed by atoms with Crippen molar-refractivity contribution in [1.82, 2.24) is 10.3 Å². The normalized spacial score (nSPS) is 9.76. The van der Waals surface area contributed by atoms with Crippen LogP contribution in [-0.4, -0.2) is 22.3 Å². The third-order valence-electron chi connectivity index (χ3n) is 2.68. The van der Waals surface area contributed by atoms with Gasteiger partial charge in [0.05, 0.1) is 16.3 Å². The van der Waals surface area contributed by atoms with E-state index in [1.165, 1.54) is 12.1 Å². The summed E-state index contributed by atoms with van der Waals surface area (Å²) in [6.45, 7) is 0. The van der Waals surface area contributed by atoms with Crippen LogP contribution in [0.15, 0.2) is 47.1 Å². The molecule has 0 fully saturated rings. The summed E-state index contributed by atoms with van der Waals surface area (Å²) in [5.41, 5.74) is 8.47. The van der Waals surface area contributed by atoms with Crippen LogP contribution < -0.4 is 11.1 Å². The molecule has 0 aliphatic heterocycles. The Labute approximate surface area is 119 Å². The minimum Gasteiger partial charge on any atom is -0.397 e. The summed E-state index contributed by atoms with van der Waals surface area (Å²) in [6, 6.07) is 11.5. The predicted molar refractivity (Wildman–Crippen MR) is 78.9 cm³/mol. The van der Waals surface area contributed by atoms with Crippen LogP contribution in [0.25, 0.3) is 11.0 Å². The van der Waals surface area contributed by atoms with E-state index in [4.69, 9.17) is 5.73 Å². The van der Waals surface area contributed by atoms with E-state index >= 15 is 0 Å². The molecule has 1 aromatic heterocycles. The second-order valence-electron chi connectivity index (χ2n) is 4.01. The summed E-state index contributed by atoms with van der Waals surface area (Å²) < 4.78 is 4.57. The van der Waals surface area contributed by atoms with Gasteiger partial charge in [-0.1, -0.05) is 18.2 Å². The van der Waals surface area contributed by atoms with E-state index in [0.29, 0.717) is 16.7 Å². The second-order valence-corrected chi connectivity index (χ2v) is 4.01. The predicted octanol–water partition coefficient (Wildman–Crippen LogP) is 2.44. The topological polar surface area (TPSA) is 120 Å². The third-order valence-corrected chi connectivity index (χ3v) is 2.68. The maximum Gasteiger partial charge on any atom is 0.269 e. The van der Waals surface area contributed by atoms with Crippen molar-refractivity contribution in [2.24, 2.45) is 0 Å². The minimum absolute atomic E-state index is 0.137. The van der Waals surface area contributed by atoms with Crippen molar-refractivity contribution in [2.45, 2.75) is 0 Å². The average Bonchev–Trinajstić information content (AvgIpc) is 3.00. The summed E-state index contributed by atoms with van der Waals surface area (Å²) >= 11 is 0. The molecule has 0 saturated heterocycles. The first-order valence-electron chi connectivity index (χ1n) is 6.01. The molecule has 108 valence electrons. The first kappa shape index (κ1) is 14.3. The van der Waals surface area contributed by atoms with E-state index in [-0.39, 0.29) is 5.69 Å². The highest BCUT2D eigenvalue weighted by atomic mass is 16.6. The molecule has 0 bridgehead atoms. The number of fused-ring (bicyclic) bond motifs is 1. The number of nitrogens with one attached hydrogen (secondary N) is 1. The molecule has 8 nitrogen and oxygen atoms in total. The van der Waals surface area contributed by atoms with Crippen molar-refractivity contribution in [1.29, 1.82) is 0 Å². The summed E-state index contributed by atoms with van der Waals surface area (Å²) in [5.74, 6) is 0. The van der Waals surface area contributed by atoms with Crippen LogP contribution in [0, 0.1) is 10.1 Å². The molecule has 8 heteroatoms. The Kier molecular flexibility index (Phi) is 4.30.